The van der Waals surface area contributed by atoms with Crippen LogP contribution in [0.25, 0.3) is 22.3 Å². The van der Waals surface area contributed by atoms with Crippen LogP contribution in [0.3, 0.4) is 0 Å². The van der Waals surface area contributed by atoms with Crippen molar-refractivity contribution < 1.29 is 5.11 Å². The Labute approximate surface area is 131 Å². The molecule has 3 aromatic rings. The molecule has 0 atom stereocenters. The maximum Gasteiger partial charge on any atom is 0.131 e. The number of benzene rings is 3. The lowest BCUT2D eigenvalue weighted by molar-refractivity contribution is 0.478. The Morgan fingerprint density at radius 3 is 1.77 bits per heavy atom. The van der Waals surface area contributed by atoms with Gasteiger partial charge in [0.05, 0.1) is 0 Å². The minimum Gasteiger partial charge on any atom is -0.507 e. The summed E-state index contributed by atoms with van der Waals surface area (Å²) in [5.41, 5.74) is 5.08. The zero-order valence-electron chi connectivity index (χ0n) is 13.0. The fraction of sp³-hybridized carbons (Fsp3) is 0.143. The second-order valence-electron chi connectivity index (χ2n) is 5.81. The number of hydrogen-bond acceptors (Lipinski definition) is 1. The van der Waals surface area contributed by atoms with E-state index in [1.165, 1.54) is 5.56 Å². The molecule has 3 rings (SSSR count). The SMILES string of the molecule is CC(C)c1ccc(-c2ccccc2)c(O)c1-c1ccccc1. The van der Waals surface area contributed by atoms with Gasteiger partial charge in [-0.25, -0.2) is 0 Å². The van der Waals surface area contributed by atoms with Crippen LogP contribution in [0.4, 0.5) is 0 Å². The third-order valence-corrected chi connectivity index (χ3v) is 3.98. The van der Waals surface area contributed by atoms with Crippen molar-refractivity contribution in [3.63, 3.8) is 0 Å². The van der Waals surface area contributed by atoms with Crippen LogP contribution >= 0.6 is 0 Å². The highest BCUT2D eigenvalue weighted by molar-refractivity contribution is 5.84. The molecule has 3 aromatic carbocycles. The van der Waals surface area contributed by atoms with Crippen LogP contribution in [0.2, 0.25) is 0 Å². The fourth-order valence-electron chi connectivity index (χ4n) is 2.85. The Morgan fingerprint density at radius 1 is 0.682 bits per heavy atom. The third-order valence-electron chi connectivity index (χ3n) is 3.98. The fourth-order valence-corrected chi connectivity index (χ4v) is 2.85. The van der Waals surface area contributed by atoms with Crippen LogP contribution in [0.1, 0.15) is 25.3 Å². The molecule has 0 saturated heterocycles. The summed E-state index contributed by atoms with van der Waals surface area (Å²) < 4.78 is 0. The van der Waals surface area contributed by atoms with Gasteiger partial charge in [0, 0.05) is 11.1 Å². The van der Waals surface area contributed by atoms with Gasteiger partial charge < -0.3 is 5.11 Å². The Bertz CT molecular complexity index is 759. The van der Waals surface area contributed by atoms with Crippen molar-refractivity contribution in [2.45, 2.75) is 19.8 Å². The number of phenolic OH excluding ortho intramolecular Hbond substituents is 1. The van der Waals surface area contributed by atoms with Crippen molar-refractivity contribution in [1.82, 2.24) is 0 Å². The van der Waals surface area contributed by atoms with Crippen LogP contribution < -0.4 is 0 Å². The van der Waals surface area contributed by atoms with E-state index in [0.29, 0.717) is 11.7 Å². The molecule has 0 saturated carbocycles. The van der Waals surface area contributed by atoms with E-state index in [1.807, 2.05) is 54.6 Å². The van der Waals surface area contributed by atoms with Gasteiger partial charge in [0.1, 0.15) is 5.75 Å². The number of rotatable bonds is 3. The molecule has 22 heavy (non-hydrogen) atoms. The first kappa shape index (κ1) is 14.4. The van der Waals surface area contributed by atoms with Gasteiger partial charge in [0.25, 0.3) is 0 Å². The Balaban J connectivity index is 2.26. The monoisotopic (exact) mass is 288 g/mol. The van der Waals surface area contributed by atoms with Crippen molar-refractivity contribution >= 4 is 0 Å². The van der Waals surface area contributed by atoms with Gasteiger partial charge >= 0.3 is 0 Å². The lowest BCUT2D eigenvalue weighted by atomic mass is 9.88. The van der Waals surface area contributed by atoms with Gasteiger partial charge in [0.2, 0.25) is 0 Å². The first-order valence-corrected chi connectivity index (χ1v) is 7.65. The average Bonchev–Trinajstić information content (AvgIpc) is 2.56. The Hall–Kier alpha value is -2.54. The molecule has 0 amide bonds. The number of aromatic hydroxyl groups is 1. The van der Waals surface area contributed by atoms with Crippen molar-refractivity contribution in [2.24, 2.45) is 0 Å². The first-order chi connectivity index (χ1) is 10.7. The molecular formula is C21H20O. The molecule has 1 N–H and O–H groups in total. The minimum absolute atomic E-state index is 0.353. The molecule has 0 aliphatic carbocycles. The van der Waals surface area contributed by atoms with E-state index in [-0.39, 0.29) is 0 Å². The predicted molar refractivity (Wildman–Crippen MR) is 93.1 cm³/mol. The first-order valence-electron chi connectivity index (χ1n) is 7.65. The van der Waals surface area contributed by atoms with Crippen LogP contribution in [0.15, 0.2) is 72.8 Å². The Kier molecular flexibility index (Phi) is 3.97. The Morgan fingerprint density at radius 2 is 1.23 bits per heavy atom. The van der Waals surface area contributed by atoms with E-state index in [0.717, 1.165) is 22.3 Å². The lowest BCUT2D eigenvalue weighted by Crippen LogP contribution is -1.95. The molecular weight excluding hydrogens is 268 g/mol. The zero-order valence-corrected chi connectivity index (χ0v) is 13.0. The van der Waals surface area contributed by atoms with Crippen molar-refractivity contribution in [3.05, 3.63) is 78.4 Å². The highest BCUT2D eigenvalue weighted by atomic mass is 16.3. The van der Waals surface area contributed by atoms with E-state index < -0.39 is 0 Å². The largest absolute Gasteiger partial charge is 0.507 e. The highest BCUT2D eigenvalue weighted by Gasteiger charge is 2.17. The van der Waals surface area contributed by atoms with Crippen LogP contribution in [-0.2, 0) is 0 Å². The normalized spacial score (nSPS) is 10.9. The molecule has 0 spiro atoms. The molecule has 0 heterocycles. The van der Waals surface area contributed by atoms with E-state index in [9.17, 15) is 5.11 Å². The smallest absolute Gasteiger partial charge is 0.131 e. The van der Waals surface area contributed by atoms with Gasteiger partial charge in [-0.15, -0.1) is 0 Å². The maximum absolute atomic E-state index is 10.9. The third kappa shape index (κ3) is 2.62. The molecule has 0 aliphatic rings. The quantitative estimate of drug-likeness (QED) is 0.641. The summed E-state index contributed by atoms with van der Waals surface area (Å²) >= 11 is 0. The molecule has 1 heteroatoms. The molecule has 0 aromatic heterocycles. The minimum atomic E-state index is 0.353. The van der Waals surface area contributed by atoms with Gasteiger partial charge in [-0.05, 0) is 22.6 Å². The van der Waals surface area contributed by atoms with Gasteiger partial charge in [0.15, 0.2) is 0 Å². The topological polar surface area (TPSA) is 20.2 Å². The molecule has 110 valence electrons. The van der Waals surface area contributed by atoms with Crippen LogP contribution in [-0.4, -0.2) is 5.11 Å². The summed E-state index contributed by atoms with van der Waals surface area (Å²) in [5.74, 6) is 0.717. The molecule has 0 unspecified atom stereocenters. The summed E-state index contributed by atoms with van der Waals surface area (Å²) in [6.07, 6.45) is 0. The van der Waals surface area contributed by atoms with Gasteiger partial charge in [-0.3, -0.25) is 0 Å². The van der Waals surface area contributed by atoms with Crippen molar-refractivity contribution in [1.29, 1.82) is 0 Å². The predicted octanol–water partition coefficient (Wildman–Crippen LogP) is 5.85. The summed E-state index contributed by atoms with van der Waals surface area (Å²) in [4.78, 5) is 0. The molecule has 0 radical (unpaired) electrons. The average molecular weight is 288 g/mol. The van der Waals surface area contributed by atoms with E-state index in [2.05, 4.69) is 32.0 Å². The lowest BCUT2D eigenvalue weighted by Gasteiger charge is -2.18. The van der Waals surface area contributed by atoms with Crippen LogP contribution in [0, 0.1) is 0 Å². The maximum atomic E-state index is 10.9. The van der Waals surface area contributed by atoms with Gasteiger partial charge in [-0.2, -0.15) is 0 Å². The summed E-state index contributed by atoms with van der Waals surface area (Å²) in [7, 11) is 0. The number of hydrogen-bond donors (Lipinski definition) is 1. The standard InChI is InChI=1S/C21H20O/c1-15(2)18-13-14-19(16-9-5-3-6-10-16)21(22)20(18)17-11-7-4-8-12-17/h3-15,22H,1-2H3. The second-order valence-corrected chi connectivity index (χ2v) is 5.81. The van der Waals surface area contributed by atoms with Gasteiger partial charge in [-0.1, -0.05) is 86.6 Å². The molecule has 0 fully saturated rings. The summed E-state index contributed by atoms with van der Waals surface area (Å²) in [6, 6.07) is 24.3. The molecule has 0 aliphatic heterocycles. The van der Waals surface area contributed by atoms with E-state index >= 15 is 0 Å². The number of phenols is 1. The van der Waals surface area contributed by atoms with Crippen LogP contribution in [0.5, 0.6) is 5.75 Å². The summed E-state index contributed by atoms with van der Waals surface area (Å²) in [6.45, 7) is 4.31. The van der Waals surface area contributed by atoms with Crippen molar-refractivity contribution in [2.75, 3.05) is 0 Å². The molecule has 0 bridgehead atoms. The second kappa shape index (κ2) is 6.07. The highest BCUT2D eigenvalue weighted by Crippen LogP contribution is 2.42. The zero-order chi connectivity index (χ0) is 15.5. The van der Waals surface area contributed by atoms with Crippen molar-refractivity contribution in [3.8, 4) is 28.0 Å². The van der Waals surface area contributed by atoms with E-state index in [4.69, 9.17) is 0 Å². The molecule has 1 nitrogen and oxygen atoms in total. The summed E-state index contributed by atoms with van der Waals surface area (Å²) in [5, 5.41) is 10.9. The van der Waals surface area contributed by atoms with E-state index in [1.54, 1.807) is 0 Å².